The average molecular weight is 369 g/mol. The molecular weight excluding hydrogens is 346 g/mol. The van der Waals surface area contributed by atoms with Crippen LogP contribution in [0.15, 0.2) is 24.3 Å². The van der Waals surface area contributed by atoms with Gasteiger partial charge in [-0.1, -0.05) is 12.1 Å². The van der Waals surface area contributed by atoms with E-state index < -0.39 is 6.09 Å². The van der Waals surface area contributed by atoms with Gasteiger partial charge in [0.05, 0.1) is 30.2 Å². The standard InChI is InChI=1S/C19H23N5O3/c1-23(12-16-13-6-2-3-7-14(13)21-22-16)18(25)20-15-8-4-5-9-17(15)24-10-11-27-19(24)26/h4-5,8-9H,2-3,6-7,10-12H2,1H3,(H,20,25)(H,21,22). The van der Waals surface area contributed by atoms with E-state index in [-0.39, 0.29) is 6.03 Å². The molecule has 0 radical (unpaired) electrons. The van der Waals surface area contributed by atoms with Crippen LogP contribution in [0.25, 0.3) is 0 Å². The highest BCUT2D eigenvalue weighted by Gasteiger charge is 2.26. The van der Waals surface area contributed by atoms with Crippen LogP contribution in [0, 0.1) is 0 Å². The Kier molecular flexibility index (Phi) is 4.70. The van der Waals surface area contributed by atoms with Crippen molar-refractivity contribution in [2.45, 2.75) is 32.2 Å². The molecule has 0 saturated carbocycles. The molecule has 0 spiro atoms. The molecule has 2 N–H and O–H groups in total. The van der Waals surface area contributed by atoms with Crippen LogP contribution in [0.1, 0.15) is 29.8 Å². The van der Waals surface area contributed by atoms with Crippen molar-refractivity contribution in [3.63, 3.8) is 0 Å². The molecule has 1 aromatic carbocycles. The summed E-state index contributed by atoms with van der Waals surface area (Å²) in [7, 11) is 1.74. The Morgan fingerprint density at radius 1 is 1.33 bits per heavy atom. The average Bonchev–Trinajstić information content (AvgIpc) is 3.29. The van der Waals surface area contributed by atoms with Gasteiger partial charge in [-0.15, -0.1) is 0 Å². The number of para-hydroxylation sites is 2. The molecule has 4 rings (SSSR count). The molecule has 0 atom stereocenters. The van der Waals surface area contributed by atoms with Crippen molar-refractivity contribution in [1.29, 1.82) is 0 Å². The molecule has 2 aliphatic rings. The number of aromatic nitrogens is 2. The number of aromatic amines is 1. The number of hydrogen-bond acceptors (Lipinski definition) is 4. The number of carbonyl (C=O) groups is 2. The second kappa shape index (κ2) is 7.30. The van der Waals surface area contributed by atoms with Crippen molar-refractivity contribution in [2.75, 3.05) is 30.4 Å². The lowest BCUT2D eigenvalue weighted by molar-refractivity contribution is 0.181. The minimum Gasteiger partial charge on any atom is -0.447 e. The van der Waals surface area contributed by atoms with Gasteiger partial charge in [-0.25, -0.2) is 9.59 Å². The van der Waals surface area contributed by atoms with E-state index in [4.69, 9.17) is 4.74 Å². The number of cyclic esters (lactones) is 1. The second-order valence-electron chi connectivity index (χ2n) is 6.90. The Labute approximate surface area is 157 Å². The van der Waals surface area contributed by atoms with Crippen LogP contribution >= 0.6 is 0 Å². The van der Waals surface area contributed by atoms with Crippen LogP contribution < -0.4 is 10.2 Å². The van der Waals surface area contributed by atoms with E-state index in [1.54, 1.807) is 24.1 Å². The van der Waals surface area contributed by atoms with Crippen molar-refractivity contribution >= 4 is 23.5 Å². The van der Waals surface area contributed by atoms with Crippen molar-refractivity contribution in [2.24, 2.45) is 0 Å². The smallest absolute Gasteiger partial charge is 0.414 e. The minimum atomic E-state index is -0.395. The van der Waals surface area contributed by atoms with Crippen molar-refractivity contribution < 1.29 is 14.3 Å². The van der Waals surface area contributed by atoms with Gasteiger partial charge >= 0.3 is 12.1 Å². The summed E-state index contributed by atoms with van der Waals surface area (Å²) < 4.78 is 5.00. The Morgan fingerprint density at radius 3 is 2.96 bits per heavy atom. The highest BCUT2D eigenvalue weighted by Crippen LogP contribution is 2.28. The first-order chi connectivity index (χ1) is 13.1. The zero-order chi connectivity index (χ0) is 18.8. The van der Waals surface area contributed by atoms with Crippen LogP contribution in [0.4, 0.5) is 21.0 Å². The lowest BCUT2D eigenvalue weighted by Gasteiger charge is -2.21. The summed E-state index contributed by atoms with van der Waals surface area (Å²) in [4.78, 5) is 27.7. The second-order valence-corrected chi connectivity index (χ2v) is 6.90. The van der Waals surface area contributed by atoms with Gasteiger partial charge in [0.15, 0.2) is 0 Å². The summed E-state index contributed by atoms with van der Waals surface area (Å²) >= 11 is 0. The van der Waals surface area contributed by atoms with Crippen LogP contribution in [0.3, 0.4) is 0 Å². The van der Waals surface area contributed by atoms with Crippen molar-refractivity contribution in [1.82, 2.24) is 15.1 Å². The van der Waals surface area contributed by atoms with Gasteiger partial charge in [0, 0.05) is 12.7 Å². The maximum Gasteiger partial charge on any atom is 0.414 e. The molecule has 1 aliphatic heterocycles. The number of aryl methyl sites for hydroxylation is 1. The zero-order valence-corrected chi connectivity index (χ0v) is 15.3. The van der Waals surface area contributed by atoms with Gasteiger partial charge in [0.25, 0.3) is 0 Å². The van der Waals surface area contributed by atoms with E-state index in [1.165, 1.54) is 22.6 Å². The number of nitrogens with one attached hydrogen (secondary N) is 2. The third kappa shape index (κ3) is 3.47. The third-order valence-corrected chi connectivity index (χ3v) is 5.07. The van der Waals surface area contributed by atoms with E-state index in [0.717, 1.165) is 25.0 Å². The van der Waals surface area contributed by atoms with Crippen LogP contribution in [-0.4, -0.2) is 47.4 Å². The van der Waals surface area contributed by atoms with Gasteiger partial charge in [-0.2, -0.15) is 5.10 Å². The molecule has 142 valence electrons. The number of fused-ring (bicyclic) bond motifs is 1. The summed E-state index contributed by atoms with van der Waals surface area (Å²) in [5.41, 5.74) is 4.60. The fourth-order valence-electron chi connectivity index (χ4n) is 3.61. The lowest BCUT2D eigenvalue weighted by Crippen LogP contribution is -2.32. The van der Waals surface area contributed by atoms with Crippen molar-refractivity contribution in [3.8, 4) is 0 Å². The minimum absolute atomic E-state index is 0.248. The molecule has 1 saturated heterocycles. The first kappa shape index (κ1) is 17.4. The molecular formula is C19H23N5O3. The Morgan fingerprint density at radius 2 is 2.15 bits per heavy atom. The van der Waals surface area contributed by atoms with E-state index in [2.05, 4.69) is 15.5 Å². The number of H-pyrrole nitrogens is 1. The maximum absolute atomic E-state index is 12.7. The predicted molar refractivity (Wildman–Crippen MR) is 101 cm³/mol. The first-order valence-corrected chi connectivity index (χ1v) is 9.24. The number of rotatable bonds is 4. The molecule has 1 aliphatic carbocycles. The van der Waals surface area contributed by atoms with Crippen LogP contribution in [0.5, 0.6) is 0 Å². The van der Waals surface area contributed by atoms with Gasteiger partial charge in [-0.3, -0.25) is 10.00 Å². The number of hydrogen-bond donors (Lipinski definition) is 2. The van der Waals surface area contributed by atoms with E-state index in [9.17, 15) is 9.59 Å². The molecule has 0 unspecified atom stereocenters. The summed E-state index contributed by atoms with van der Waals surface area (Å²) in [6, 6.07) is 6.98. The van der Waals surface area contributed by atoms with E-state index in [1.807, 2.05) is 12.1 Å². The number of urea groups is 1. The lowest BCUT2D eigenvalue weighted by atomic mass is 9.96. The molecule has 1 aromatic heterocycles. The summed E-state index contributed by atoms with van der Waals surface area (Å²) in [5.74, 6) is 0. The number of anilines is 2. The number of carbonyl (C=O) groups excluding carboxylic acids is 2. The number of benzene rings is 1. The number of ether oxygens (including phenoxy) is 1. The van der Waals surface area contributed by atoms with Gasteiger partial charge in [-0.05, 0) is 43.4 Å². The molecule has 8 nitrogen and oxygen atoms in total. The quantitative estimate of drug-likeness (QED) is 0.867. The molecule has 1 fully saturated rings. The predicted octanol–water partition coefficient (Wildman–Crippen LogP) is 2.91. The molecule has 3 amide bonds. The van der Waals surface area contributed by atoms with E-state index in [0.29, 0.717) is 31.1 Å². The zero-order valence-electron chi connectivity index (χ0n) is 15.3. The summed E-state index contributed by atoms with van der Waals surface area (Å²) in [6.07, 6.45) is 3.98. The molecule has 0 bridgehead atoms. The molecule has 8 heteroatoms. The SMILES string of the molecule is CN(Cc1n[nH]c2c1CCCC2)C(=O)Nc1ccccc1N1CCOC1=O. The Bertz CT molecular complexity index is 863. The fraction of sp³-hybridized carbons (Fsp3) is 0.421. The molecule has 2 aromatic rings. The van der Waals surface area contributed by atoms with Gasteiger partial charge < -0.3 is 15.0 Å². The highest BCUT2D eigenvalue weighted by atomic mass is 16.6. The van der Waals surface area contributed by atoms with Crippen LogP contribution in [-0.2, 0) is 24.1 Å². The Hall–Kier alpha value is -3.03. The Balaban J connectivity index is 1.46. The fourth-order valence-corrected chi connectivity index (χ4v) is 3.61. The maximum atomic E-state index is 12.7. The highest BCUT2D eigenvalue weighted by molar-refractivity contribution is 5.98. The molecule has 27 heavy (non-hydrogen) atoms. The normalized spacial score (nSPS) is 16.0. The monoisotopic (exact) mass is 369 g/mol. The van der Waals surface area contributed by atoms with Gasteiger partial charge in [0.2, 0.25) is 0 Å². The first-order valence-electron chi connectivity index (χ1n) is 9.24. The summed E-state index contributed by atoms with van der Waals surface area (Å²) in [6.45, 7) is 1.26. The van der Waals surface area contributed by atoms with Crippen LogP contribution in [0.2, 0.25) is 0 Å². The summed E-state index contributed by atoms with van der Waals surface area (Å²) in [5, 5.41) is 10.4. The largest absolute Gasteiger partial charge is 0.447 e. The molecule has 2 heterocycles. The number of nitrogens with zero attached hydrogens (tertiary/aromatic N) is 3. The van der Waals surface area contributed by atoms with Crippen molar-refractivity contribution in [3.05, 3.63) is 41.2 Å². The topological polar surface area (TPSA) is 90.6 Å². The van der Waals surface area contributed by atoms with Gasteiger partial charge in [0.1, 0.15) is 6.61 Å². The third-order valence-electron chi connectivity index (χ3n) is 5.07. The van der Waals surface area contributed by atoms with E-state index >= 15 is 0 Å². The number of amides is 3.